The monoisotopic (exact) mass is 326 g/mol. The molecular formula is C13H14ClF3O2S. The second-order valence-corrected chi connectivity index (χ2v) is 5.37. The molecule has 0 saturated carbocycles. The van der Waals surface area contributed by atoms with Gasteiger partial charge >= 0.3 is 11.5 Å². The Kier molecular flexibility index (Phi) is 6.68. The van der Waals surface area contributed by atoms with E-state index in [2.05, 4.69) is 0 Å². The molecule has 112 valence electrons. The van der Waals surface area contributed by atoms with Gasteiger partial charge in [-0.15, -0.1) is 11.6 Å². The van der Waals surface area contributed by atoms with Gasteiger partial charge in [0.1, 0.15) is 0 Å². The van der Waals surface area contributed by atoms with E-state index in [1.165, 1.54) is 18.2 Å². The fourth-order valence-corrected chi connectivity index (χ4v) is 2.41. The van der Waals surface area contributed by atoms with Gasteiger partial charge in [-0.3, -0.25) is 0 Å². The van der Waals surface area contributed by atoms with Crippen LogP contribution in [0.1, 0.15) is 29.3 Å². The normalized spacial score (nSPS) is 11.4. The Labute approximate surface area is 124 Å². The van der Waals surface area contributed by atoms with E-state index in [4.69, 9.17) is 16.3 Å². The molecule has 20 heavy (non-hydrogen) atoms. The van der Waals surface area contributed by atoms with Crippen molar-refractivity contribution in [1.82, 2.24) is 0 Å². The molecule has 7 heteroatoms. The summed E-state index contributed by atoms with van der Waals surface area (Å²) < 4.78 is 42.2. The van der Waals surface area contributed by atoms with Crippen LogP contribution in [-0.4, -0.2) is 24.0 Å². The van der Waals surface area contributed by atoms with Crippen LogP contribution in [0.15, 0.2) is 23.1 Å². The highest BCUT2D eigenvalue weighted by atomic mass is 35.5. The van der Waals surface area contributed by atoms with Gasteiger partial charge in [0.05, 0.1) is 12.2 Å². The first kappa shape index (κ1) is 17.2. The number of aryl methyl sites for hydroxylation is 1. The molecule has 0 fully saturated rings. The van der Waals surface area contributed by atoms with Crippen LogP contribution >= 0.6 is 23.4 Å². The number of benzene rings is 1. The highest BCUT2D eigenvalue weighted by Crippen LogP contribution is 2.39. The minimum absolute atomic E-state index is 0.0932. The van der Waals surface area contributed by atoms with Gasteiger partial charge in [0.15, 0.2) is 0 Å². The molecule has 0 unspecified atom stereocenters. The Bertz CT molecular complexity index is 463. The predicted molar refractivity (Wildman–Crippen MR) is 73.4 cm³/mol. The lowest BCUT2D eigenvalue weighted by Gasteiger charge is -2.12. The van der Waals surface area contributed by atoms with Crippen LogP contribution in [0.25, 0.3) is 0 Å². The fourth-order valence-electron chi connectivity index (χ4n) is 1.60. The maximum Gasteiger partial charge on any atom is 0.446 e. The summed E-state index contributed by atoms with van der Waals surface area (Å²) in [5.41, 5.74) is -3.65. The molecule has 0 atom stereocenters. The van der Waals surface area contributed by atoms with E-state index >= 15 is 0 Å². The summed E-state index contributed by atoms with van der Waals surface area (Å²) in [6.45, 7) is 1.88. The number of ether oxygens (including phenoxy) is 1. The largest absolute Gasteiger partial charge is 0.462 e. The van der Waals surface area contributed by atoms with Crippen molar-refractivity contribution in [1.29, 1.82) is 0 Å². The van der Waals surface area contributed by atoms with Crippen molar-refractivity contribution in [2.75, 3.05) is 12.5 Å². The first-order valence-corrected chi connectivity index (χ1v) is 7.34. The third-order valence-corrected chi connectivity index (χ3v) is 3.49. The second kappa shape index (κ2) is 7.78. The number of hydrogen-bond acceptors (Lipinski definition) is 3. The number of alkyl halides is 4. The van der Waals surface area contributed by atoms with Gasteiger partial charge in [-0.25, -0.2) is 4.79 Å². The van der Waals surface area contributed by atoms with Crippen LogP contribution in [0.3, 0.4) is 0 Å². The van der Waals surface area contributed by atoms with Crippen molar-refractivity contribution in [2.45, 2.75) is 30.2 Å². The topological polar surface area (TPSA) is 26.3 Å². The lowest BCUT2D eigenvalue weighted by molar-refractivity contribution is -0.0328. The van der Waals surface area contributed by atoms with Crippen LogP contribution in [-0.2, 0) is 11.2 Å². The zero-order valence-electron chi connectivity index (χ0n) is 10.8. The summed E-state index contributed by atoms with van der Waals surface area (Å²) >= 11 is 5.38. The zero-order chi connectivity index (χ0) is 15.2. The summed E-state index contributed by atoms with van der Waals surface area (Å²) in [6, 6.07) is 4.09. The summed E-state index contributed by atoms with van der Waals surface area (Å²) in [7, 11) is 0. The molecule has 0 aliphatic rings. The first-order valence-electron chi connectivity index (χ1n) is 5.99. The summed E-state index contributed by atoms with van der Waals surface area (Å²) in [6.07, 6.45) is 0.925. The standard InChI is InChI=1S/C13H14ClF3O2S/c1-2-19-12(18)10-5-6-11(20-13(15,16)17)9(8-10)4-3-7-14/h5-6,8H,2-4,7H2,1H3. The molecule has 0 spiro atoms. The average Bonchev–Trinajstić information content (AvgIpc) is 2.36. The number of esters is 1. The number of hydrogen-bond donors (Lipinski definition) is 0. The number of thioether (sulfide) groups is 1. The molecule has 1 aromatic rings. The Morgan fingerprint density at radius 2 is 2.10 bits per heavy atom. The highest BCUT2D eigenvalue weighted by Gasteiger charge is 2.30. The quantitative estimate of drug-likeness (QED) is 0.432. The van der Waals surface area contributed by atoms with Gasteiger partial charge in [0.2, 0.25) is 0 Å². The van der Waals surface area contributed by atoms with Crippen LogP contribution in [0, 0.1) is 0 Å². The van der Waals surface area contributed by atoms with Crippen molar-refractivity contribution < 1.29 is 22.7 Å². The third-order valence-electron chi connectivity index (χ3n) is 2.38. The molecule has 0 aromatic heterocycles. The Morgan fingerprint density at radius 1 is 1.40 bits per heavy atom. The molecule has 2 nitrogen and oxygen atoms in total. The van der Waals surface area contributed by atoms with Crippen LogP contribution < -0.4 is 0 Å². The van der Waals surface area contributed by atoms with Crippen molar-refractivity contribution in [2.24, 2.45) is 0 Å². The van der Waals surface area contributed by atoms with Gasteiger partial charge in [-0.1, -0.05) is 0 Å². The van der Waals surface area contributed by atoms with Gasteiger partial charge in [0, 0.05) is 10.8 Å². The van der Waals surface area contributed by atoms with Gasteiger partial charge in [0.25, 0.3) is 0 Å². The number of halogens is 4. The number of rotatable bonds is 6. The lowest BCUT2D eigenvalue weighted by Crippen LogP contribution is -2.07. The summed E-state index contributed by atoms with van der Waals surface area (Å²) in [4.78, 5) is 11.7. The molecule has 0 amide bonds. The zero-order valence-corrected chi connectivity index (χ0v) is 12.4. The van der Waals surface area contributed by atoms with E-state index in [9.17, 15) is 18.0 Å². The first-order chi connectivity index (χ1) is 9.37. The molecule has 0 bridgehead atoms. The molecule has 1 aromatic carbocycles. The second-order valence-electron chi connectivity index (χ2n) is 3.88. The lowest BCUT2D eigenvalue weighted by atomic mass is 10.1. The van der Waals surface area contributed by atoms with E-state index in [0.717, 1.165) is 0 Å². The average molecular weight is 327 g/mol. The number of carbonyl (C=O) groups is 1. The molecule has 0 radical (unpaired) electrons. The predicted octanol–water partition coefficient (Wildman–Crippen LogP) is 4.65. The number of carbonyl (C=O) groups excluding carboxylic acids is 1. The SMILES string of the molecule is CCOC(=O)c1ccc(SC(F)(F)F)c(CCCCl)c1. The fraction of sp³-hybridized carbons (Fsp3) is 0.462. The van der Waals surface area contributed by atoms with Crippen molar-refractivity contribution in [3.63, 3.8) is 0 Å². The molecule has 0 heterocycles. The maximum atomic E-state index is 12.5. The van der Waals surface area contributed by atoms with Crippen LogP contribution in [0.5, 0.6) is 0 Å². The Morgan fingerprint density at radius 3 is 2.65 bits per heavy atom. The molecule has 0 aliphatic heterocycles. The Hall–Kier alpha value is -0.880. The van der Waals surface area contributed by atoms with Crippen molar-refractivity contribution in [3.05, 3.63) is 29.3 Å². The van der Waals surface area contributed by atoms with E-state index in [1.54, 1.807) is 6.92 Å². The molecular weight excluding hydrogens is 313 g/mol. The molecule has 0 aliphatic carbocycles. The summed E-state index contributed by atoms with van der Waals surface area (Å²) in [5.74, 6) is -0.192. The molecule has 0 N–H and O–H groups in total. The molecule has 1 rings (SSSR count). The Balaban J connectivity index is 3.02. The molecule has 0 saturated heterocycles. The van der Waals surface area contributed by atoms with E-state index in [-0.39, 0.29) is 28.8 Å². The van der Waals surface area contributed by atoms with Crippen molar-refractivity contribution >= 4 is 29.3 Å². The minimum Gasteiger partial charge on any atom is -0.462 e. The van der Waals surface area contributed by atoms with Crippen molar-refractivity contribution in [3.8, 4) is 0 Å². The van der Waals surface area contributed by atoms with Crippen LogP contribution in [0.4, 0.5) is 13.2 Å². The van der Waals surface area contributed by atoms with Gasteiger partial charge in [-0.2, -0.15) is 13.2 Å². The smallest absolute Gasteiger partial charge is 0.446 e. The van der Waals surface area contributed by atoms with E-state index < -0.39 is 11.5 Å². The van der Waals surface area contributed by atoms with Gasteiger partial charge in [-0.05, 0) is 55.3 Å². The van der Waals surface area contributed by atoms with Crippen LogP contribution in [0.2, 0.25) is 0 Å². The van der Waals surface area contributed by atoms with Gasteiger partial charge < -0.3 is 4.74 Å². The van der Waals surface area contributed by atoms with E-state index in [0.29, 0.717) is 24.3 Å². The maximum absolute atomic E-state index is 12.5. The highest BCUT2D eigenvalue weighted by molar-refractivity contribution is 8.00. The minimum atomic E-state index is -4.36. The van der Waals surface area contributed by atoms with E-state index in [1.807, 2.05) is 0 Å². The summed E-state index contributed by atoms with van der Waals surface area (Å²) in [5, 5.41) is 0. The third kappa shape index (κ3) is 5.63.